The summed E-state index contributed by atoms with van der Waals surface area (Å²) in [4.78, 5) is 14.8. The molecule has 6 heteroatoms. The Morgan fingerprint density at radius 2 is 1.89 bits per heavy atom. The highest BCUT2D eigenvalue weighted by Gasteiger charge is 2.31. The van der Waals surface area contributed by atoms with Crippen LogP contribution in [0.1, 0.15) is 11.1 Å². The van der Waals surface area contributed by atoms with E-state index < -0.39 is 0 Å². The molecule has 1 aliphatic rings. The normalized spacial score (nSPS) is 15.8. The van der Waals surface area contributed by atoms with Crippen LogP contribution < -0.4 is 0 Å². The Hall–Kier alpha value is -2.70. The summed E-state index contributed by atoms with van der Waals surface area (Å²) in [7, 11) is 0. The zero-order valence-corrected chi connectivity index (χ0v) is 16.6. The molecular weight excluding hydrogens is 391 g/mol. The number of fused-ring (bicyclic) bond motifs is 1. The number of hydrogen-bond donors (Lipinski definition) is 0. The molecule has 28 heavy (non-hydrogen) atoms. The van der Waals surface area contributed by atoms with Gasteiger partial charge in [-0.2, -0.15) is 0 Å². The zero-order chi connectivity index (χ0) is 19.7. The van der Waals surface area contributed by atoms with Gasteiger partial charge in [-0.1, -0.05) is 66.5 Å². The van der Waals surface area contributed by atoms with Crippen LogP contribution in [0.4, 0.5) is 4.39 Å². The first kappa shape index (κ1) is 18.7. The third-order valence-corrected chi connectivity index (χ3v) is 5.97. The van der Waals surface area contributed by atoms with Crippen molar-refractivity contribution in [3.63, 3.8) is 0 Å². The standard InChI is InChI=1S/C22H17FN2OS2/c1-2-11-25-21(26)20(28-22(25)27)12-16-14-24(19-10-6-4-8-17(16)19)13-15-7-3-5-9-18(15)23/h2-10,12,14H,1,11,13H2/b20-12-. The maximum atomic E-state index is 14.1. The third-order valence-electron chi connectivity index (χ3n) is 4.59. The Balaban J connectivity index is 1.75. The number of carbonyl (C=O) groups is 1. The number of para-hydroxylation sites is 1. The minimum absolute atomic E-state index is 0.110. The van der Waals surface area contributed by atoms with Gasteiger partial charge in [0.05, 0.1) is 11.4 Å². The first-order valence-corrected chi connectivity index (χ1v) is 9.98. The first-order valence-electron chi connectivity index (χ1n) is 8.76. The summed E-state index contributed by atoms with van der Waals surface area (Å²) in [5.74, 6) is -0.340. The van der Waals surface area contributed by atoms with Gasteiger partial charge in [-0.15, -0.1) is 6.58 Å². The lowest BCUT2D eigenvalue weighted by Gasteiger charge is -2.10. The van der Waals surface area contributed by atoms with Gasteiger partial charge in [0.15, 0.2) is 0 Å². The number of aromatic nitrogens is 1. The summed E-state index contributed by atoms with van der Waals surface area (Å²) < 4.78 is 16.7. The topological polar surface area (TPSA) is 25.2 Å². The second-order valence-electron chi connectivity index (χ2n) is 6.40. The largest absolute Gasteiger partial charge is 0.342 e. The number of thioether (sulfide) groups is 1. The summed E-state index contributed by atoms with van der Waals surface area (Å²) in [6.45, 7) is 4.49. The summed E-state index contributed by atoms with van der Waals surface area (Å²) in [6.07, 6.45) is 5.48. The second-order valence-corrected chi connectivity index (χ2v) is 8.08. The van der Waals surface area contributed by atoms with Crippen LogP contribution in [0.25, 0.3) is 17.0 Å². The minimum atomic E-state index is -0.230. The van der Waals surface area contributed by atoms with Crippen molar-refractivity contribution >= 4 is 51.2 Å². The van der Waals surface area contributed by atoms with Crippen molar-refractivity contribution < 1.29 is 9.18 Å². The third kappa shape index (κ3) is 3.41. The number of nitrogens with zero attached hydrogens (tertiary/aromatic N) is 2. The van der Waals surface area contributed by atoms with Crippen LogP contribution in [0.5, 0.6) is 0 Å². The van der Waals surface area contributed by atoms with Crippen LogP contribution >= 0.6 is 24.0 Å². The quantitative estimate of drug-likeness (QED) is 0.329. The molecule has 3 aromatic rings. The van der Waals surface area contributed by atoms with Crippen molar-refractivity contribution in [2.75, 3.05) is 6.54 Å². The van der Waals surface area contributed by atoms with Crippen molar-refractivity contribution in [3.05, 3.63) is 89.2 Å². The van der Waals surface area contributed by atoms with E-state index in [2.05, 4.69) is 6.58 Å². The van der Waals surface area contributed by atoms with Crippen LogP contribution in [0.2, 0.25) is 0 Å². The highest BCUT2D eigenvalue weighted by molar-refractivity contribution is 8.26. The van der Waals surface area contributed by atoms with E-state index in [4.69, 9.17) is 12.2 Å². The van der Waals surface area contributed by atoms with E-state index in [0.29, 0.717) is 27.9 Å². The molecule has 0 spiro atoms. The molecule has 4 rings (SSSR count). The van der Waals surface area contributed by atoms with Gasteiger partial charge in [-0.25, -0.2) is 4.39 Å². The van der Waals surface area contributed by atoms with Crippen LogP contribution in [0.15, 0.2) is 72.3 Å². The summed E-state index contributed by atoms with van der Waals surface area (Å²) in [5, 5.41) is 1.01. The van der Waals surface area contributed by atoms with Crippen LogP contribution in [-0.2, 0) is 11.3 Å². The molecule has 140 valence electrons. The number of amides is 1. The summed E-state index contributed by atoms with van der Waals surface area (Å²) in [6, 6.07) is 14.7. The van der Waals surface area contributed by atoms with E-state index in [1.807, 2.05) is 47.2 Å². The fourth-order valence-electron chi connectivity index (χ4n) is 3.26. The molecule has 0 aliphatic carbocycles. The molecule has 1 fully saturated rings. The number of hydrogen-bond acceptors (Lipinski definition) is 3. The van der Waals surface area contributed by atoms with Crippen LogP contribution in [0.3, 0.4) is 0 Å². The predicted octanol–water partition coefficient (Wildman–Crippen LogP) is 5.22. The fraction of sp³-hybridized carbons (Fsp3) is 0.0909. The van der Waals surface area contributed by atoms with Gasteiger partial charge < -0.3 is 4.57 Å². The van der Waals surface area contributed by atoms with Crippen molar-refractivity contribution in [3.8, 4) is 0 Å². The molecule has 0 radical (unpaired) electrons. The second kappa shape index (κ2) is 7.73. The molecular formula is C22H17FN2OS2. The number of benzene rings is 2. The van der Waals surface area contributed by atoms with Crippen LogP contribution in [-0.4, -0.2) is 26.2 Å². The Bertz CT molecular complexity index is 1130. The van der Waals surface area contributed by atoms with Gasteiger partial charge in [0.2, 0.25) is 0 Å². The maximum Gasteiger partial charge on any atom is 0.266 e. The lowest BCUT2D eigenvalue weighted by molar-refractivity contribution is -0.121. The highest BCUT2D eigenvalue weighted by atomic mass is 32.2. The number of thiocarbonyl (C=S) groups is 1. The maximum absolute atomic E-state index is 14.1. The average molecular weight is 409 g/mol. The van der Waals surface area contributed by atoms with Gasteiger partial charge in [-0.3, -0.25) is 9.69 Å². The van der Waals surface area contributed by atoms with E-state index in [1.54, 1.807) is 18.2 Å². The van der Waals surface area contributed by atoms with Gasteiger partial charge in [0, 0.05) is 34.8 Å². The monoisotopic (exact) mass is 408 g/mol. The molecule has 2 heterocycles. The molecule has 1 saturated heterocycles. The van der Waals surface area contributed by atoms with Crippen molar-refractivity contribution in [2.24, 2.45) is 0 Å². The Morgan fingerprint density at radius 3 is 2.68 bits per heavy atom. The number of rotatable bonds is 5. The molecule has 0 saturated carbocycles. The number of halogens is 1. The van der Waals surface area contributed by atoms with E-state index in [9.17, 15) is 9.18 Å². The highest BCUT2D eigenvalue weighted by Crippen LogP contribution is 2.34. The molecule has 0 unspecified atom stereocenters. The molecule has 0 N–H and O–H groups in total. The van der Waals surface area contributed by atoms with E-state index in [-0.39, 0.29) is 11.7 Å². The molecule has 1 aromatic heterocycles. The van der Waals surface area contributed by atoms with Gasteiger partial charge >= 0.3 is 0 Å². The van der Waals surface area contributed by atoms with Crippen molar-refractivity contribution in [2.45, 2.75) is 6.54 Å². The summed E-state index contributed by atoms with van der Waals surface area (Å²) in [5.41, 5.74) is 2.51. The van der Waals surface area contributed by atoms with Gasteiger partial charge in [-0.05, 0) is 18.2 Å². The Kier molecular flexibility index (Phi) is 5.15. The minimum Gasteiger partial charge on any atom is -0.342 e. The SMILES string of the molecule is C=CCN1C(=O)/C(=C/c2cn(Cc3ccccc3F)c3ccccc23)SC1=S. The van der Waals surface area contributed by atoms with Crippen molar-refractivity contribution in [1.29, 1.82) is 0 Å². The van der Waals surface area contributed by atoms with Gasteiger partial charge in [0.1, 0.15) is 10.1 Å². The fourth-order valence-corrected chi connectivity index (χ4v) is 4.52. The average Bonchev–Trinajstić information content (AvgIpc) is 3.17. The lowest BCUT2D eigenvalue weighted by Crippen LogP contribution is -2.27. The molecule has 0 atom stereocenters. The van der Waals surface area contributed by atoms with E-state index in [0.717, 1.165) is 16.5 Å². The van der Waals surface area contributed by atoms with E-state index >= 15 is 0 Å². The van der Waals surface area contributed by atoms with Gasteiger partial charge in [0.25, 0.3) is 5.91 Å². The Morgan fingerprint density at radius 1 is 1.14 bits per heavy atom. The smallest absolute Gasteiger partial charge is 0.266 e. The molecule has 1 amide bonds. The predicted molar refractivity (Wildman–Crippen MR) is 118 cm³/mol. The lowest BCUT2D eigenvalue weighted by atomic mass is 10.1. The zero-order valence-electron chi connectivity index (χ0n) is 15.0. The molecule has 0 bridgehead atoms. The molecule has 1 aliphatic heterocycles. The Labute approximate surface area is 172 Å². The summed E-state index contributed by atoms with van der Waals surface area (Å²) >= 11 is 6.60. The molecule has 2 aromatic carbocycles. The van der Waals surface area contributed by atoms with Crippen molar-refractivity contribution in [1.82, 2.24) is 9.47 Å². The number of carbonyl (C=O) groups excluding carboxylic acids is 1. The van der Waals surface area contributed by atoms with E-state index in [1.165, 1.54) is 22.7 Å². The first-order chi connectivity index (χ1) is 13.6. The van der Waals surface area contributed by atoms with Crippen LogP contribution in [0, 0.1) is 5.82 Å². The molecule has 3 nitrogen and oxygen atoms in total.